The third-order valence-corrected chi connectivity index (χ3v) is 7.20. The average Bonchev–Trinajstić information content (AvgIpc) is 2.80. The van der Waals surface area contributed by atoms with Crippen LogP contribution in [-0.2, 0) is 11.3 Å². The van der Waals surface area contributed by atoms with Gasteiger partial charge in [0.15, 0.2) is 5.78 Å². The average molecular weight is 489 g/mol. The van der Waals surface area contributed by atoms with Gasteiger partial charge in [-0.25, -0.2) is 0 Å². The number of ether oxygens (including phenoxy) is 1. The normalized spacial score (nSPS) is 22.4. The number of carbonyl (C=O) groups is 2. The Balaban J connectivity index is 1.31. The van der Waals surface area contributed by atoms with Gasteiger partial charge in [0.25, 0.3) is 5.91 Å². The van der Waals surface area contributed by atoms with Crippen LogP contribution in [0.25, 0.3) is 0 Å². The lowest BCUT2D eigenvalue weighted by molar-refractivity contribution is -0.0704. The Morgan fingerprint density at radius 3 is 2.12 bits per heavy atom. The van der Waals surface area contributed by atoms with E-state index >= 15 is 0 Å². The zero-order valence-corrected chi connectivity index (χ0v) is 20.6. The molecule has 2 heterocycles. The molecule has 0 N–H and O–H groups in total. The smallest absolute Gasteiger partial charge is 0.253 e. The van der Waals surface area contributed by atoms with E-state index in [0.717, 1.165) is 19.6 Å². The number of likely N-dealkylation sites (tertiary alicyclic amines) is 1. The maximum absolute atomic E-state index is 13.0. The van der Waals surface area contributed by atoms with Gasteiger partial charge in [-0.15, -0.1) is 0 Å². The van der Waals surface area contributed by atoms with Crippen LogP contribution in [-0.4, -0.2) is 59.9 Å². The molecule has 176 valence electrons. The summed E-state index contributed by atoms with van der Waals surface area (Å²) in [5.41, 5.74) is 2.46. The summed E-state index contributed by atoms with van der Waals surface area (Å²) >= 11 is 12.0. The van der Waals surface area contributed by atoms with Gasteiger partial charge in [0.2, 0.25) is 0 Å². The molecule has 2 unspecified atom stereocenters. The van der Waals surface area contributed by atoms with E-state index in [1.807, 2.05) is 29.2 Å². The summed E-state index contributed by atoms with van der Waals surface area (Å²) in [6.07, 6.45) is 1.77. The summed E-state index contributed by atoms with van der Waals surface area (Å²) in [4.78, 5) is 30.1. The summed E-state index contributed by atoms with van der Waals surface area (Å²) in [5.74, 6) is -0.0145. The van der Waals surface area contributed by atoms with Crippen LogP contribution in [0, 0.1) is 5.92 Å². The molecule has 7 heteroatoms. The number of hydrogen-bond donors (Lipinski definition) is 0. The van der Waals surface area contributed by atoms with E-state index in [4.69, 9.17) is 27.9 Å². The molecule has 2 aromatic carbocycles. The fraction of sp³-hybridized carbons (Fsp3) is 0.462. The van der Waals surface area contributed by atoms with Crippen LogP contribution < -0.4 is 0 Å². The molecule has 2 aliphatic rings. The van der Waals surface area contributed by atoms with Crippen LogP contribution in [0.5, 0.6) is 0 Å². The fourth-order valence-corrected chi connectivity index (χ4v) is 5.13. The maximum Gasteiger partial charge on any atom is 0.253 e. The number of nitrogens with zero attached hydrogens (tertiary/aromatic N) is 2. The standard InChI is InChI=1S/C26H30Cl2N2O3/c1-17-14-29(15-18(2)33-17)16-19-3-5-21(6-4-19)26(32)30-11-9-20(10-12-30)25(31)22-7-8-23(27)24(28)13-22/h3-8,13,17-18,20H,9-12,14-16H2,1-2H3. The number of carbonyl (C=O) groups excluding carboxylic acids is 2. The number of piperidine rings is 1. The van der Waals surface area contributed by atoms with Crippen molar-refractivity contribution in [3.05, 3.63) is 69.2 Å². The predicted octanol–water partition coefficient (Wildman–Crippen LogP) is 5.34. The predicted molar refractivity (Wildman–Crippen MR) is 131 cm³/mol. The van der Waals surface area contributed by atoms with Crippen LogP contribution >= 0.6 is 23.2 Å². The number of hydrogen-bond acceptors (Lipinski definition) is 4. The molecule has 2 saturated heterocycles. The van der Waals surface area contributed by atoms with Crippen LogP contribution in [0.4, 0.5) is 0 Å². The van der Waals surface area contributed by atoms with E-state index in [-0.39, 0.29) is 29.8 Å². The molecule has 4 rings (SSSR count). The second kappa shape index (κ2) is 10.6. The molecule has 5 nitrogen and oxygen atoms in total. The number of halogens is 2. The van der Waals surface area contributed by atoms with Gasteiger partial charge >= 0.3 is 0 Å². The molecule has 1 amide bonds. The SMILES string of the molecule is CC1CN(Cc2ccc(C(=O)N3CCC(C(=O)c4ccc(Cl)c(Cl)c4)CC3)cc2)CC(C)O1. The van der Waals surface area contributed by atoms with Crippen molar-refractivity contribution in [3.8, 4) is 0 Å². The Hall–Kier alpha value is -1.92. The molecule has 0 bridgehead atoms. The van der Waals surface area contributed by atoms with Crippen LogP contribution in [0.3, 0.4) is 0 Å². The van der Waals surface area contributed by atoms with E-state index in [2.05, 4.69) is 18.7 Å². The summed E-state index contributed by atoms with van der Waals surface area (Å²) in [7, 11) is 0. The molecular formula is C26H30Cl2N2O3. The first-order valence-electron chi connectivity index (χ1n) is 11.6. The molecule has 0 aromatic heterocycles. The Morgan fingerprint density at radius 2 is 1.52 bits per heavy atom. The van der Waals surface area contributed by atoms with Gasteiger partial charge in [-0.1, -0.05) is 35.3 Å². The van der Waals surface area contributed by atoms with Gasteiger partial charge in [-0.2, -0.15) is 0 Å². The molecule has 0 saturated carbocycles. The van der Waals surface area contributed by atoms with Crippen LogP contribution in [0.15, 0.2) is 42.5 Å². The van der Waals surface area contributed by atoms with Crippen molar-refractivity contribution in [3.63, 3.8) is 0 Å². The highest BCUT2D eigenvalue weighted by atomic mass is 35.5. The maximum atomic E-state index is 13.0. The van der Waals surface area contributed by atoms with E-state index in [1.54, 1.807) is 18.2 Å². The topological polar surface area (TPSA) is 49.9 Å². The lowest BCUT2D eigenvalue weighted by Gasteiger charge is -2.35. The monoisotopic (exact) mass is 488 g/mol. The lowest BCUT2D eigenvalue weighted by atomic mass is 9.88. The molecule has 2 aromatic rings. The minimum absolute atomic E-state index is 0.0237. The number of rotatable bonds is 5. The third-order valence-electron chi connectivity index (χ3n) is 6.46. The van der Waals surface area contributed by atoms with Crippen molar-refractivity contribution in [1.29, 1.82) is 0 Å². The first-order valence-corrected chi connectivity index (χ1v) is 12.3. The zero-order valence-electron chi connectivity index (χ0n) is 19.1. The number of amides is 1. The van der Waals surface area contributed by atoms with Gasteiger partial charge in [0.05, 0.1) is 22.3 Å². The molecule has 2 aliphatic heterocycles. The largest absolute Gasteiger partial charge is 0.373 e. The Kier molecular flexibility index (Phi) is 7.75. The van der Waals surface area contributed by atoms with Crippen molar-refractivity contribution in [2.45, 2.75) is 45.4 Å². The second-order valence-corrected chi connectivity index (χ2v) is 10.0. The molecular weight excluding hydrogens is 459 g/mol. The lowest BCUT2D eigenvalue weighted by Crippen LogP contribution is -2.44. The van der Waals surface area contributed by atoms with Gasteiger partial charge in [0.1, 0.15) is 0 Å². The molecule has 33 heavy (non-hydrogen) atoms. The Labute approximate surface area is 205 Å². The van der Waals surface area contributed by atoms with Gasteiger partial charge in [-0.3, -0.25) is 14.5 Å². The van der Waals surface area contributed by atoms with Gasteiger partial charge in [-0.05, 0) is 62.6 Å². The second-order valence-electron chi connectivity index (χ2n) is 9.21. The number of Topliss-reactive ketones (excluding diaryl/α,β-unsaturated/α-hetero) is 1. The fourth-order valence-electron chi connectivity index (χ4n) is 4.84. The Bertz CT molecular complexity index is 993. The van der Waals surface area contributed by atoms with Crippen LogP contribution in [0.1, 0.15) is 53.0 Å². The van der Waals surface area contributed by atoms with Crippen molar-refractivity contribution >= 4 is 34.9 Å². The summed E-state index contributed by atoms with van der Waals surface area (Å²) in [5, 5.41) is 0.824. The highest BCUT2D eigenvalue weighted by Crippen LogP contribution is 2.27. The van der Waals surface area contributed by atoms with E-state index in [0.29, 0.717) is 47.1 Å². The number of morpholine rings is 1. The third kappa shape index (κ3) is 5.96. The molecule has 2 fully saturated rings. The number of benzene rings is 2. The van der Waals surface area contributed by atoms with E-state index in [9.17, 15) is 9.59 Å². The quantitative estimate of drug-likeness (QED) is 0.533. The highest BCUT2D eigenvalue weighted by molar-refractivity contribution is 6.42. The van der Waals surface area contributed by atoms with E-state index < -0.39 is 0 Å². The van der Waals surface area contributed by atoms with Crippen molar-refractivity contribution in [2.75, 3.05) is 26.2 Å². The molecule has 0 radical (unpaired) electrons. The molecule has 0 aliphatic carbocycles. The van der Waals surface area contributed by atoms with Crippen molar-refractivity contribution in [1.82, 2.24) is 9.80 Å². The van der Waals surface area contributed by atoms with E-state index in [1.165, 1.54) is 5.56 Å². The molecule has 0 spiro atoms. The van der Waals surface area contributed by atoms with Gasteiger partial charge < -0.3 is 9.64 Å². The summed E-state index contributed by atoms with van der Waals surface area (Å²) in [6, 6.07) is 12.9. The van der Waals surface area contributed by atoms with Crippen LogP contribution in [0.2, 0.25) is 10.0 Å². The van der Waals surface area contributed by atoms with Gasteiger partial charge in [0, 0.05) is 49.8 Å². The minimum atomic E-state index is -0.105. The molecule has 2 atom stereocenters. The highest BCUT2D eigenvalue weighted by Gasteiger charge is 2.29. The summed E-state index contributed by atoms with van der Waals surface area (Å²) in [6.45, 7) is 8.04. The first kappa shape index (κ1) is 24.2. The minimum Gasteiger partial charge on any atom is -0.373 e. The van der Waals surface area contributed by atoms with Crippen molar-refractivity contribution < 1.29 is 14.3 Å². The van der Waals surface area contributed by atoms with Crippen molar-refractivity contribution in [2.24, 2.45) is 5.92 Å². The summed E-state index contributed by atoms with van der Waals surface area (Å²) < 4.78 is 5.80. The zero-order chi connectivity index (χ0) is 23.5. The Morgan fingerprint density at radius 1 is 0.909 bits per heavy atom. The first-order chi connectivity index (χ1) is 15.8. The number of ketones is 1.